The summed E-state index contributed by atoms with van der Waals surface area (Å²) in [5, 5.41) is 19.3. The molecular weight excluding hydrogens is 318 g/mol. The summed E-state index contributed by atoms with van der Waals surface area (Å²) in [6, 6.07) is 1.98. The lowest BCUT2D eigenvalue weighted by molar-refractivity contribution is -0.127. The molecule has 2 aliphatic rings. The van der Waals surface area contributed by atoms with Gasteiger partial charge in [0.1, 0.15) is 11.8 Å². The first kappa shape index (κ1) is 20.1. The number of likely N-dealkylation sites (tertiary alicyclic amines) is 1. The van der Waals surface area contributed by atoms with Gasteiger partial charge in [-0.15, -0.1) is 0 Å². The van der Waals surface area contributed by atoms with Crippen LogP contribution >= 0.6 is 0 Å². The fourth-order valence-electron chi connectivity index (χ4n) is 3.32. The largest absolute Gasteiger partial charge is 0.361 e. The van der Waals surface area contributed by atoms with Crippen molar-refractivity contribution in [3.05, 3.63) is 0 Å². The molecule has 142 valence electrons. The highest BCUT2D eigenvalue weighted by Crippen LogP contribution is 2.24. The van der Waals surface area contributed by atoms with Crippen LogP contribution in [0.15, 0.2) is 0 Å². The van der Waals surface area contributed by atoms with E-state index in [9.17, 15) is 10.1 Å². The zero-order valence-electron chi connectivity index (χ0n) is 16.0. The van der Waals surface area contributed by atoms with Crippen LogP contribution in [0.2, 0.25) is 0 Å². The number of hydrogen-bond donors (Lipinski definition) is 3. The van der Waals surface area contributed by atoms with Gasteiger partial charge < -0.3 is 20.3 Å². The first-order chi connectivity index (χ1) is 11.7. The minimum atomic E-state index is -0.757. The topological polar surface area (TPSA) is 89.4 Å². The van der Waals surface area contributed by atoms with E-state index < -0.39 is 5.54 Å². The van der Waals surface area contributed by atoms with Crippen molar-refractivity contribution >= 4 is 5.91 Å². The number of amides is 1. The Hall–Kier alpha value is -1.20. The number of nitriles is 1. The Bertz CT molecular complexity index is 483. The summed E-state index contributed by atoms with van der Waals surface area (Å²) in [6.45, 7) is 10.1. The summed E-state index contributed by atoms with van der Waals surface area (Å²) in [7, 11) is 2.04. The predicted molar refractivity (Wildman–Crippen MR) is 96.8 cm³/mol. The molecule has 2 heterocycles. The summed E-state index contributed by atoms with van der Waals surface area (Å²) >= 11 is 0. The van der Waals surface area contributed by atoms with Crippen LogP contribution in [0.5, 0.6) is 0 Å². The van der Waals surface area contributed by atoms with Crippen molar-refractivity contribution in [3.8, 4) is 6.07 Å². The average Bonchev–Trinajstić information content (AvgIpc) is 2.56. The maximum Gasteiger partial charge on any atom is 0.238 e. The fraction of sp³-hybridized carbons (Fsp3) is 0.889. The van der Waals surface area contributed by atoms with Gasteiger partial charge in [-0.05, 0) is 31.7 Å². The molecule has 0 aliphatic carbocycles. The molecule has 7 nitrogen and oxygen atoms in total. The number of nitrogens with zero attached hydrogens (tertiary/aromatic N) is 2. The van der Waals surface area contributed by atoms with Crippen molar-refractivity contribution in [1.82, 2.24) is 20.9 Å². The molecule has 0 aromatic rings. The van der Waals surface area contributed by atoms with Crippen LogP contribution in [0.1, 0.15) is 40.0 Å². The van der Waals surface area contributed by atoms with E-state index in [1.807, 2.05) is 7.05 Å². The number of piperidine rings is 1. The standard InChI is InChI=1S/C18H33N5O2/c1-17(2,3)11-14(21-15-12-20-7-10-25-15)16(24)22-18(13-19)5-8-23(4)9-6-18/h14-15,20-21H,5-12H2,1-4H3,(H,22,24). The molecule has 0 bridgehead atoms. The molecule has 2 unspecified atom stereocenters. The van der Waals surface area contributed by atoms with Gasteiger partial charge in [0.15, 0.2) is 0 Å². The minimum absolute atomic E-state index is 0.0102. The van der Waals surface area contributed by atoms with E-state index in [-0.39, 0.29) is 23.6 Å². The summed E-state index contributed by atoms with van der Waals surface area (Å²) in [5.74, 6) is -0.102. The Balaban J connectivity index is 2.04. The molecule has 2 saturated heterocycles. The van der Waals surface area contributed by atoms with Gasteiger partial charge in [-0.3, -0.25) is 10.1 Å². The van der Waals surface area contributed by atoms with E-state index in [4.69, 9.17) is 4.74 Å². The zero-order chi connectivity index (χ0) is 18.5. The lowest BCUT2D eigenvalue weighted by Crippen LogP contribution is -2.61. The molecule has 0 radical (unpaired) electrons. The second kappa shape index (κ2) is 8.45. The molecule has 0 aromatic carbocycles. The Morgan fingerprint density at radius 2 is 2.12 bits per heavy atom. The Kier molecular flexibility index (Phi) is 6.80. The maximum atomic E-state index is 13.0. The van der Waals surface area contributed by atoms with Gasteiger partial charge in [0.25, 0.3) is 0 Å². The Morgan fingerprint density at radius 3 is 2.64 bits per heavy atom. The van der Waals surface area contributed by atoms with E-state index in [0.29, 0.717) is 32.4 Å². The maximum absolute atomic E-state index is 13.0. The SMILES string of the molecule is CN1CCC(C#N)(NC(=O)C(CC(C)(C)C)NC2CNCCO2)CC1. The van der Waals surface area contributed by atoms with E-state index >= 15 is 0 Å². The van der Waals surface area contributed by atoms with Gasteiger partial charge in [-0.2, -0.15) is 5.26 Å². The van der Waals surface area contributed by atoms with Crippen molar-refractivity contribution in [2.45, 2.75) is 57.8 Å². The molecule has 0 saturated carbocycles. The number of ether oxygens (including phenoxy) is 1. The van der Waals surface area contributed by atoms with Gasteiger partial charge >= 0.3 is 0 Å². The van der Waals surface area contributed by atoms with Gasteiger partial charge in [0.2, 0.25) is 5.91 Å². The van der Waals surface area contributed by atoms with Crippen molar-refractivity contribution in [2.75, 3.05) is 39.8 Å². The van der Waals surface area contributed by atoms with Gasteiger partial charge in [0, 0.05) is 26.2 Å². The van der Waals surface area contributed by atoms with Crippen molar-refractivity contribution < 1.29 is 9.53 Å². The third-order valence-electron chi connectivity index (χ3n) is 4.86. The molecule has 7 heteroatoms. The van der Waals surface area contributed by atoms with Crippen molar-refractivity contribution in [2.24, 2.45) is 5.41 Å². The molecule has 0 spiro atoms. The molecule has 25 heavy (non-hydrogen) atoms. The van der Waals surface area contributed by atoms with E-state index in [2.05, 4.69) is 47.7 Å². The molecule has 2 fully saturated rings. The normalized spacial score (nSPS) is 25.8. The smallest absolute Gasteiger partial charge is 0.238 e. The van der Waals surface area contributed by atoms with Crippen LogP contribution in [-0.4, -0.2) is 68.4 Å². The average molecular weight is 351 g/mol. The number of rotatable bonds is 5. The summed E-state index contributed by atoms with van der Waals surface area (Å²) < 4.78 is 5.70. The van der Waals surface area contributed by atoms with Crippen LogP contribution in [-0.2, 0) is 9.53 Å². The van der Waals surface area contributed by atoms with Gasteiger partial charge in [0.05, 0.1) is 18.7 Å². The van der Waals surface area contributed by atoms with E-state index in [0.717, 1.165) is 19.6 Å². The molecular formula is C18H33N5O2. The van der Waals surface area contributed by atoms with Crippen LogP contribution in [0.3, 0.4) is 0 Å². The molecule has 2 aliphatic heterocycles. The Morgan fingerprint density at radius 1 is 1.44 bits per heavy atom. The second-order valence-corrected chi connectivity index (χ2v) is 8.53. The van der Waals surface area contributed by atoms with Crippen LogP contribution in [0.25, 0.3) is 0 Å². The second-order valence-electron chi connectivity index (χ2n) is 8.53. The number of nitrogens with one attached hydrogen (secondary N) is 3. The highest BCUT2D eigenvalue weighted by molar-refractivity contribution is 5.83. The first-order valence-electron chi connectivity index (χ1n) is 9.23. The zero-order valence-corrected chi connectivity index (χ0v) is 16.0. The van der Waals surface area contributed by atoms with Crippen LogP contribution in [0, 0.1) is 16.7 Å². The summed E-state index contributed by atoms with van der Waals surface area (Å²) in [6.07, 6.45) is 1.83. The third-order valence-corrected chi connectivity index (χ3v) is 4.86. The van der Waals surface area contributed by atoms with Gasteiger partial charge in [-0.25, -0.2) is 0 Å². The summed E-state index contributed by atoms with van der Waals surface area (Å²) in [5.41, 5.74) is -0.767. The van der Waals surface area contributed by atoms with E-state index in [1.54, 1.807) is 0 Å². The van der Waals surface area contributed by atoms with Crippen molar-refractivity contribution in [1.29, 1.82) is 5.26 Å². The number of carbonyl (C=O) groups excluding carboxylic acids is 1. The molecule has 2 atom stereocenters. The lowest BCUT2D eigenvalue weighted by Gasteiger charge is -2.38. The lowest BCUT2D eigenvalue weighted by atomic mass is 9.85. The minimum Gasteiger partial charge on any atom is -0.361 e. The summed E-state index contributed by atoms with van der Waals surface area (Å²) in [4.78, 5) is 15.2. The first-order valence-corrected chi connectivity index (χ1v) is 9.23. The van der Waals surface area contributed by atoms with Crippen LogP contribution in [0.4, 0.5) is 0 Å². The Labute approximate surface area is 151 Å². The molecule has 2 rings (SSSR count). The highest BCUT2D eigenvalue weighted by Gasteiger charge is 2.38. The van der Waals surface area contributed by atoms with E-state index in [1.165, 1.54) is 0 Å². The molecule has 1 amide bonds. The predicted octanol–water partition coefficient (Wildman–Crippen LogP) is 0.431. The number of morpholine rings is 1. The molecule has 0 aromatic heterocycles. The quantitative estimate of drug-likeness (QED) is 0.666. The highest BCUT2D eigenvalue weighted by atomic mass is 16.5. The number of hydrogen-bond acceptors (Lipinski definition) is 6. The van der Waals surface area contributed by atoms with Crippen molar-refractivity contribution in [3.63, 3.8) is 0 Å². The van der Waals surface area contributed by atoms with Crippen LogP contribution < -0.4 is 16.0 Å². The number of carbonyl (C=O) groups is 1. The third kappa shape index (κ3) is 6.23. The monoisotopic (exact) mass is 351 g/mol. The van der Waals surface area contributed by atoms with Gasteiger partial charge in [-0.1, -0.05) is 20.8 Å². The molecule has 3 N–H and O–H groups in total. The fourth-order valence-corrected chi connectivity index (χ4v) is 3.32.